The summed E-state index contributed by atoms with van der Waals surface area (Å²) >= 11 is 0. The third-order valence-corrected chi connectivity index (χ3v) is 3.08. The van der Waals surface area contributed by atoms with Crippen LogP contribution < -0.4 is 0 Å². The molecule has 0 amide bonds. The van der Waals surface area contributed by atoms with Crippen LogP contribution in [0.1, 0.15) is 19.2 Å². The summed E-state index contributed by atoms with van der Waals surface area (Å²) in [5.41, 5.74) is 0.485. The third-order valence-electron chi connectivity index (χ3n) is 3.08. The lowest BCUT2D eigenvalue weighted by Gasteiger charge is -2.26. The highest BCUT2D eigenvalue weighted by atomic mass is 16.4. The Labute approximate surface area is 100 Å². The minimum Gasteiger partial charge on any atom is -0.478 e. The largest absolute Gasteiger partial charge is 0.478 e. The van der Waals surface area contributed by atoms with E-state index in [0.717, 1.165) is 25.5 Å². The monoisotopic (exact) mass is 235 g/mol. The molecule has 0 unspecified atom stereocenters. The zero-order chi connectivity index (χ0) is 12.3. The average Bonchev–Trinajstić information content (AvgIpc) is 2.76. The predicted octanol–water partition coefficient (Wildman–Crippen LogP) is 1.12. The molecule has 0 radical (unpaired) electrons. The van der Waals surface area contributed by atoms with Crippen LogP contribution in [0.2, 0.25) is 0 Å². The van der Waals surface area contributed by atoms with E-state index >= 15 is 0 Å². The van der Waals surface area contributed by atoms with Gasteiger partial charge >= 0.3 is 5.97 Å². The van der Waals surface area contributed by atoms with Gasteiger partial charge in [0.05, 0.1) is 6.54 Å². The molecule has 1 N–H and O–H groups in total. The molecule has 0 atom stereocenters. The van der Waals surface area contributed by atoms with E-state index in [4.69, 9.17) is 5.11 Å². The van der Waals surface area contributed by atoms with Crippen molar-refractivity contribution in [3.05, 3.63) is 29.9 Å². The Morgan fingerprint density at radius 3 is 3.12 bits per heavy atom. The van der Waals surface area contributed by atoms with Gasteiger partial charge in [-0.2, -0.15) is 0 Å². The summed E-state index contributed by atoms with van der Waals surface area (Å²) in [4.78, 5) is 17.3. The molecule has 2 rings (SSSR count). The Morgan fingerprint density at radius 2 is 2.41 bits per heavy atom. The first-order valence-electron chi connectivity index (χ1n) is 5.85. The van der Waals surface area contributed by atoms with Gasteiger partial charge in [0.15, 0.2) is 0 Å². The van der Waals surface area contributed by atoms with Gasteiger partial charge in [-0.3, -0.25) is 4.90 Å². The summed E-state index contributed by atoms with van der Waals surface area (Å²) in [6, 6.07) is 0. The maximum Gasteiger partial charge on any atom is 0.331 e. The molecule has 0 aromatic carbocycles. The maximum atomic E-state index is 10.9. The number of carbonyl (C=O) groups is 1. The normalized spacial score (nSPS) is 16.9. The molecule has 5 nitrogen and oxygen atoms in total. The van der Waals surface area contributed by atoms with E-state index in [2.05, 4.69) is 14.5 Å². The summed E-state index contributed by atoms with van der Waals surface area (Å²) in [5, 5.41) is 8.92. The molecular weight excluding hydrogens is 218 g/mol. The molecule has 2 heterocycles. The second kappa shape index (κ2) is 5.14. The number of carboxylic acids is 1. The molecule has 0 spiro atoms. The van der Waals surface area contributed by atoms with Crippen LogP contribution in [-0.4, -0.2) is 38.6 Å². The van der Waals surface area contributed by atoms with Crippen molar-refractivity contribution in [1.29, 1.82) is 0 Å². The number of hydrogen-bond donors (Lipinski definition) is 1. The van der Waals surface area contributed by atoms with Crippen molar-refractivity contribution in [2.75, 3.05) is 13.1 Å². The van der Waals surface area contributed by atoms with Crippen LogP contribution >= 0.6 is 0 Å². The van der Waals surface area contributed by atoms with Crippen LogP contribution in [0.5, 0.6) is 0 Å². The smallest absolute Gasteiger partial charge is 0.331 e. The van der Waals surface area contributed by atoms with Crippen molar-refractivity contribution >= 4 is 5.97 Å². The van der Waals surface area contributed by atoms with Crippen molar-refractivity contribution in [3.8, 4) is 0 Å². The molecule has 1 aromatic heterocycles. The highest BCUT2D eigenvalue weighted by molar-refractivity contribution is 5.86. The molecule has 0 aliphatic carbocycles. The average molecular weight is 235 g/mol. The van der Waals surface area contributed by atoms with E-state index in [0.29, 0.717) is 18.5 Å². The zero-order valence-corrected chi connectivity index (χ0v) is 9.96. The van der Waals surface area contributed by atoms with Crippen molar-refractivity contribution in [1.82, 2.24) is 14.5 Å². The number of nitrogens with zero attached hydrogens (tertiary/aromatic N) is 3. The molecule has 0 saturated heterocycles. The van der Waals surface area contributed by atoms with Crippen LogP contribution in [0.4, 0.5) is 0 Å². The molecule has 0 saturated carbocycles. The van der Waals surface area contributed by atoms with Crippen molar-refractivity contribution in [3.63, 3.8) is 0 Å². The lowest BCUT2D eigenvalue weighted by atomic mass is 10.2. The molecule has 0 fully saturated rings. The first-order valence-corrected chi connectivity index (χ1v) is 5.85. The summed E-state index contributed by atoms with van der Waals surface area (Å²) in [6.45, 7) is 5.21. The van der Waals surface area contributed by atoms with Crippen molar-refractivity contribution in [2.45, 2.75) is 26.4 Å². The van der Waals surface area contributed by atoms with Crippen molar-refractivity contribution in [2.24, 2.45) is 0 Å². The van der Waals surface area contributed by atoms with E-state index in [1.54, 1.807) is 6.08 Å². The minimum atomic E-state index is -0.814. The topological polar surface area (TPSA) is 58.4 Å². The first-order chi connectivity index (χ1) is 8.20. The van der Waals surface area contributed by atoms with E-state index in [9.17, 15) is 4.79 Å². The van der Waals surface area contributed by atoms with Gasteiger partial charge in [0.1, 0.15) is 5.82 Å². The molecule has 1 aliphatic rings. The minimum absolute atomic E-state index is 0.485. The van der Waals surface area contributed by atoms with Gasteiger partial charge in [-0.25, -0.2) is 9.78 Å². The first kappa shape index (κ1) is 11.9. The molecule has 0 bridgehead atoms. The van der Waals surface area contributed by atoms with Gasteiger partial charge in [-0.05, 0) is 6.42 Å². The van der Waals surface area contributed by atoms with E-state index in [1.807, 2.05) is 19.3 Å². The van der Waals surface area contributed by atoms with Crippen molar-refractivity contribution < 1.29 is 9.90 Å². The second-order valence-corrected chi connectivity index (χ2v) is 4.16. The highest BCUT2D eigenvalue weighted by Gasteiger charge is 2.15. The number of aliphatic carboxylic acids is 1. The molecule has 5 heteroatoms. The number of rotatable bonds is 4. The quantitative estimate of drug-likeness (QED) is 0.794. The highest BCUT2D eigenvalue weighted by Crippen LogP contribution is 2.10. The number of fused-ring (bicyclic) bond motifs is 1. The Morgan fingerprint density at radius 1 is 1.59 bits per heavy atom. The van der Waals surface area contributed by atoms with Gasteiger partial charge in [0.25, 0.3) is 0 Å². The van der Waals surface area contributed by atoms with Crippen LogP contribution in [-0.2, 0) is 17.9 Å². The summed E-state index contributed by atoms with van der Waals surface area (Å²) in [6.07, 6.45) is 6.17. The fourth-order valence-corrected chi connectivity index (χ4v) is 2.00. The van der Waals surface area contributed by atoms with Gasteiger partial charge < -0.3 is 9.67 Å². The van der Waals surface area contributed by atoms with E-state index in [1.165, 1.54) is 0 Å². The van der Waals surface area contributed by atoms with Crippen LogP contribution in [0.3, 0.4) is 0 Å². The van der Waals surface area contributed by atoms with Gasteiger partial charge in [-0.1, -0.05) is 13.0 Å². The Kier molecular flexibility index (Phi) is 3.58. The zero-order valence-electron chi connectivity index (χ0n) is 9.96. The number of carboxylic acid groups (broad SMARTS) is 1. The summed E-state index contributed by atoms with van der Waals surface area (Å²) in [5.74, 6) is 0.240. The maximum absolute atomic E-state index is 10.9. The standard InChI is InChI=1S/C12H17N3O2/c1-2-10(12(16)17)3-5-14-7-8-15-6-4-13-11(15)9-14/h3-4,6H,2,5,7-9H2,1H3,(H,16,17). The third kappa shape index (κ3) is 2.74. The van der Waals surface area contributed by atoms with Gasteiger partial charge in [0, 0.05) is 37.6 Å². The van der Waals surface area contributed by atoms with Crippen LogP contribution in [0.25, 0.3) is 0 Å². The molecular formula is C12H17N3O2. The lowest BCUT2D eigenvalue weighted by molar-refractivity contribution is -0.132. The Hall–Kier alpha value is -1.62. The lowest BCUT2D eigenvalue weighted by Crippen LogP contribution is -2.33. The van der Waals surface area contributed by atoms with Crippen LogP contribution in [0.15, 0.2) is 24.0 Å². The Balaban J connectivity index is 1.96. The van der Waals surface area contributed by atoms with E-state index < -0.39 is 5.97 Å². The second-order valence-electron chi connectivity index (χ2n) is 4.16. The fourth-order valence-electron chi connectivity index (χ4n) is 2.00. The number of hydrogen-bond acceptors (Lipinski definition) is 3. The molecule has 17 heavy (non-hydrogen) atoms. The van der Waals surface area contributed by atoms with Gasteiger partial charge in [0.2, 0.25) is 0 Å². The molecule has 1 aliphatic heterocycles. The summed E-state index contributed by atoms with van der Waals surface area (Å²) in [7, 11) is 0. The summed E-state index contributed by atoms with van der Waals surface area (Å²) < 4.78 is 2.14. The number of aromatic nitrogens is 2. The van der Waals surface area contributed by atoms with E-state index in [-0.39, 0.29) is 0 Å². The predicted molar refractivity (Wildman–Crippen MR) is 63.5 cm³/mol. The molecule has 1 aromatic rings. The fraction of sp³-hybridized carbons (Fsp3) is 0.500. The molecule has 92 valence electrons. The Bertz CT molecular complexity index is 437. The number of imidazole rings is 1. The van der Waals surface area contributed by atoms with Gasteiger partial charge in [-0.15, -0.1) is 0 Å². The van der Waals surface area contributed by atoms with Crippen LogP contribution in [0, 0.1) is 0 Å². The SMILES string of the molecule is CCC(=CCN1CCn2ccnc2C1)C(=O)O.